The van der Waals surface area contributed by atoms with E-state index in [4.69, 9.17) is 0 Å². The first kappa shape index (κ1) is 25.7. The zero-order chi connectivity index (χ0) is 24.9. The number of urea groups is 2. The number of nitrogens with zero attached hydrogens (tertiary/aromatic N) is 1. The molecule has 2 aliphatic rings. The average Bonchev–Trinajstić information content (AvgIpc) is 3.07. The van der Waals surface area contributed by atoms with E-state index in [9.17, 15) is 22.8 Å². The lowest BCUT2D eigenvalue weighted by Gasteiger charge is -2.28. The predicted octanol–water partition coefficient (Wildman–Crippen LogP) is 3.07. The van der Waals surface area contributed by atoms with Crippen LogP contribution in [-0.2, 0) is 21.2 Å². The Kier molecular flexibility index (Phi) is 8.35. The third-order valence-corrected chi connectivity index (χ3v) is 8.10. The second-order valence-electron chi connectivity index (χ2n) is 9.13. The van der Waals surface area contributed by atoms with Gasteiger partial charge in [0.2, 0.25) is 0 Å². The maximum absolute atomic E-state index is 12.6. The van der Waals surface area contributed by atoms with Crippen LogP contribution in [0.3, 0.4) is 0 Å². The van der Waals surface area contributed by atoms with Crippen LogP contribution in [0.15, 0.2) is 40.3 Å². The maximum atomic E-state index is 12.6. The fourth-order valence-electron chi connectivity index (χ4n) is 4.33. The Hall–Kier alpha value is -2.88. The van der Waals surface area contributed by atoms with Gasteiger partial charge in [-0.2, -0.15) is 0 Å². The second kappa shape index (κ2) is 11.0. The molecule has 0 aromatic heterocycles. The molecule has 10 heteroatoms. The van der Waals surface area contributed by atoms with Gasteiger partial charge in [-0.05, 0) is 75.1 Å². The molecule has 186 valence electrons. The minimum Gasteiger partial charge on any atom is -0.337 e. The first-order valence-corrected chi connectivity index (χ1v) is 13.3. The Morgan fingerprint density at radius 1 is 1.06 bits per heavy atom. The van der Waals surface area contributed by atoms with Crippen LogP contribution in [0.25, 0.3) is 0 Å². The van der Waals surface area contributed by atoms with Crippen molar-refractivity contribution in [2.45, 2.75) is 70.2 Å². The predicted molar refractivity (Wildman–Crippen MR) is 129 cm³/mol. The number of rotatable bonds is 7. The molecule has 0 saturated heterocycles. The Balaban J connectivity index is 1.45. The van der Waals surface area contributed by atoms with Crippen molar-refractivity contribution in [3.05, 3.63) is 41.0 Å². The summed E-state index contributed by atoms with van der Waals surface area (Å²) in [5.74, 6) is 0.402. The van der Waals surface area contributed by atoms with Gasteiger partial charge in [0.15, 0.2) is 0 Å². The van der Waals surface area contributed by atoms with Crippen molar-refractivity contribution in [1.29, 1.82) is 0 Å². The maximum Gasteiger partial charge on any atom is 0.328 e. The number of imide groups is 1. The van der Waals surface area contributed by atoms with E-state index >= 15 is 0 Å². The van der Waals surface area contributed by atoms with Crippen LogP contribution in [-0.4, -0.2) is 50.4 Å². The summed E-state index contributed by atoms with van der Waals surface area (Å²) >= 11 is 0. The highest BCUT2D eigenvalue weighted by Gasteiger charge is 2.29. The van der Waals surface area contributed by atoms with Gasteiger partial charge in [-0.3, -0.25) is 9.69 Å². The lowest BCUT2D eigenvalue weighted by atomic mass is 9.85. The van der Waals surface area contributed by atoms with Crippen molar-refractivity contribution in [3.63, 3.8) is 0 Å². The lowest BCUT2D eigenvalue weighted by Crippen LogP contribution is -2.45. The molecule has 1 fully saturated rings. The molecule has 1 aromatic rings. The molecule has 1 aromatic carbocycles. The van der Waals surface area contributed by atoms with Crippen LogP contribution in [0, 0.1) is 5.92 Å². The number of hydrogen-bond acceptors (Lipinski definition) is 5. The van der Waals surface area contributed by atoms with Gasteiger partial charge in [0.25, 0.3) is 15.9 Å². The van der Waals surface area contributed by atoms with Gasteiger partial charge in [-0.15, -0.1) is 0 Å². The number of sulfonamides is 1. The van der Waals surface area contributed by atoms with Crippen LogP contribution in [0.5, 0.6) is 0 Å². The smallest absolute Gasteiger partial charge is 0.328 e. The quantitative estimate of drug-likeness (QED) is 0.542. The van der Waals surface area contributed by atoms with E-state index in [1.54, 1.807) is 19.1 Å². The second-order valence-corrected chi connectivity index (χ2v) is 10.8. The van der Waals surface area contributed by atoms with E-state index < -0.39 is 22.1 Å². The number of amides is 5. The first-order chi connectivity index (χ1) is 16.1. The summed E-state index contributed by atoms with van der Waals surface area (Å²) in [5, 5.41) is 5.49. The van der Waals surface area contributed by atoms with Gasteiger partial charge in [-0.25, -0.2) is 22.7 Å². The standard InChI is InChI=1S/C24H34N4O5S/c1-4-18-5-9-20(10-6-18)26-23(30)27-34(32,33)21-11-7-19(8-12-21)13-14-25-24(31)28-15-16(2)17(3)22(28)29/h7-8,11-12,18,20H,4-6,9-10,13-15H2,1-3H3,(H,25,31)(H2,26,27,30). The highest BCUT2D eigenvalue weighted by molar-refractivity contribution is 7.90. The van der Waals surface area contributed by atoms with Crippen LogP contribution >= 0.6 is 0 Å². The largest absolute Gasteiger partial charge is 0.337 e. The highest BCUT2D eigenvalue weighted by atomic mass is 32.2. The molecule has 0 unspecified atom stereocenters. The van der Waals surface area contributed by atoms with Crippen molar-refractivity contribution >= 4 is 28.0 Å². The molecule has 1 aliphatic carbocycles. The molecule has 9 nitrogen and oxygen atoms in total. The van der Waals surface area contributed by atoms with Crippen molar-refractivity contribution in [1.82, 2.24) is 20.3 Å². The van der Waals surface area contributed by atoms with Gasteiger partial charge in [-0.1, -0.05) is 25.5 Å². The van der Waals surface area contributed by atoms with Gasteiger partial charge >= 0.3 is 12.1 Å². The topological polar surface area (TPSA) is 125 Å². The van der Waals surface area contributed by atoms with Crippen molar-refractivity contribution in [3.8, 4) is 0 Å². The van der Waals surface area contributed by atoms with Gasteiger partial charge in [0, 0.05) is 18.2 Å². The molecule has 0 spiro atoms. The summed E-state index contributed by atoms with van der Waals surface area (Å²) in [6, 6.07) is 4.99. The first-order valence-electron chi connectivity index (χ1n) is 11.8. The fourth-order valence-corrected chi connectivity index (χ4v) is 5.25. The zero-order valence-corrected chi connectivity index (χ0v) is 20.8. The molecular formula is C24H34N4O5S. The normalized spacial score (nSPS) is 20.9. The molecule has 0 bridgehead atoms. The average molecular weight is 491 g/mol. The van der Waals surface area contributed by atoms with Crippen LogP contribution in [0.4, 0.5) is 9.59 Å². The lowest BCUT2D eigenvalue weighted by molar-refractivity contribution is -0.122. The van der Waals surface area contributed by atoms with Crippen molar-refractivity contribution in [2.75, 3.05) is 13.1 Å². The fraction of sp³-hybridized carbons (Fsp3) is 0.542. The molecule has 1 aliphatic heterocycles. The summed E-state index contributed by atoms with van der Waals surface area (Å²) in [4.78, 5) is 37.7. The number of nitrogens with one attached hydrogen (secondary N) is 3. The molecule has 0 atom stereocenters. The Morgan fingerprint density at radius 3 is 2.26 bits per heavy atom. The minimum absolute atomic E-state index is 0.00458. The van der Waals surface area contributed by atoms with E-state index in [1.807, 2.05) is 6.92 Å². The van der Waals surface area contributed by atoms with E-state index in [0.717, 1.165) is 43.2 Å². The molecule has 5 amide bonds. The molecule has 1 saturated carbocycles. The number of carbonyl (C=O) groups excluding carboxylic acids is 3. The monoisotopic (exact) mass is 490 g/mol. The SMILES string of the molecule is CCC1CCC(NC(=O)NS(=O)(=O)c2ccc(CCNC(=O)N3CC(C)=C(C)C3=O)cc2)CC1. The molecule has 3 rings (SSSR count). The number of benzene rings is 1. The minimum atomic E-state index is -3.98. The Morgan fingerprint density at radius 2 is 1.71 bits per heavy atom. The van der Waals surface area contributed by atoms with Gasteiger partial charge < -0.3 is 10.6 Å². The number of carbonyl (C=O) groups is 3. The van der Waals surface area contributed by atoms with Crippen molar-refractivity contribution in [2.24, 2.45) is 5.92 Å². The van der Waals surface area contributed by atoms with E-state index in [0.29, 0.717) is 31.0 Å². The Bertz CT molecular complexity index is 1060. The van der Waals surface area contributed by atoms with E-state index in [1.165, 1.54) is 17.0 Å². The van der Waals surface area contributed by atoms with Crippen LogP contribution in [0.2, 0.25) is 0 Å². The summed E-state index contributed by atoms with van der Waals surface area (Å²) in [6.45, 7) is 6.29. The summed E-state index contributed by atoms with van der Waals surface area (Å²) in [7, 11) is -3.98. The molecule has 3 N–H and O–H groups in total. The highest BCUT2D eigenvalue weighted by Crippen LogP contribution is 2.26. The van der Waals surface area contributed by atoms with Crippen LogP contribution in [0.1, 0.15) is 58.4 Å². The van der Waals surface area contributed by atoms with Gasteiger partial charge in [0.05, 0.1) is 11.4 Å². The summed E-state index contributed by atoms with van der Waals surface area (Å²) in [6.07, 6.45) is 5.40. The van der Waals surface area contributed by atoms with Gasteiger partial charge in [0.1, 0.15) is 0 Å². The summed E-state index contributed by atoms with van der Waals surface area (Å²) < 4.78 is 27.2. The summed E-state index contributed by atoms with van der Waals surface area (Å²) in [5.41, 5.74) is 2.29. The Labute approximate surface area is 201 Å². The molecule has 34 heavy (non-hydrogen) atoms. The van der Waals surface area contributed by atoms with E-state index in [-0.39, 0.29) is 16.8 Å². The third kappa shape index (κ3) is 6.37. The number of hydrogen-bond donors (Lipinski definition) is 3. The van der Waals surface area contributed by atoms with E-state index in [2.05, 4.69) is 22.3 Å². The third-order valence-electron chi connectivity index (χ3n) is 6.76. The van der Waals surface area contributed by atoms with Crippen molar-refractivity contribution < 1.29 is 22.8 Å². The molecule has 0 radical (unpaired) electrons. The van der Waals surface area contributed by atoms with Crippen LogP contribution < -0.4 is 15.4 Å². The molecule has 1 heterocycles. The zero-order valence-electron chi connectivity index (χ0n) is 20.0. The molecular weight excluding hydrogens is 456 g/mol.